The standard InChI is InChI=1S/C21H37N3O3/c1-14(2)10-23-9-8-16(11-23)19(25)24-12-15-6-7-18(17(15)13-24)22-20(26)27-21(3,4)5/h14-18H,6-13H2,1-5H3,(H,22,26). The van der Waals surface area contributed by atoms with Gasteiger partial charge in [0.15, 0.2) is 0 Å². The second kappa shape index (κ2) is 7.98. The molecule has 1 saturated carbocycles. The minimum atomic E-state index is -0.482. The normalized spacial score (nSPS) is 31.4. The summed E-state index contributed by atoms with van der Waals surface area (Å²) in [5.74, 6) is 2.01. The molecule has 0 aromatic rings. The Morgan fingerprint density at radius 1 is 1.11 bits per heavy atom. The monoisotopic (exact) mass is 379 g/mol. The van der Waals surface area contributed by atoms with Crippen LogP contribution in [0.5, 0.6) is 0 Å². The number of hydrogen-bond acceptors (Lipinski definition) is 4. The zero-order valence-electron chi connectivity index (χ0n) is 17.7. The molecule has 0 spiro atoms. The Labute approximate surface area is 164 Å². The number of hydrogen-bond donors (Lipinski definition) is 1. The number of amides is 2. The number of nitrogens with one attached hydrogen (secondary N) is 1. The van der Waals surface area contributed by atoms with Gasteiger partial charge in [0.05, 0.1) is 5.92 Å². The van der Waals surface area contributed by atoms with E-state index in [4.69, 9.17) is 4.74 Å². The smallest absolute Gasteiger partial charge is 0.407 e. The van der Waals surface area contributed by atoms with Crippen LogP contribution in [0.1, 0.15) is 53.9 Å². The summed E-state index contributed by atoms with van der Waals surface area (Å²) in [4.78, 5) is 29.6. The van der Waals surface area contributed by atoms with E-state index in [2.05, 4.69) is 29.0 Å². The summed E-state index contributed by atoms with van der Waals surface area (Å²) in [6, 6.07) is 0.128. The maximum absolute atomic E-state index is 13.0. The van der Waals surface area contributed by atoms with Crippen molar-refractivity contribution in [2.75, 3.05) is 32.7 Å². The molecule has 1 aliphatic carbocycles. The molecule has 2 saturated heterocycles. The van der Waals surface area contributed by atoms with E-state index in [1.165, 1.54) is 0 Å². The third-order valence-electron chi connectivity index (χ3n) is 6.12. The zero-order chi connectivity index (χ0) is 19.8. The van der Waals surface area contributed by atoms with Gasteiger partial charge in [0.25, 0.3) is 0 Å². The Hall–Kier alpha value is -1.30. The Morgan fingerprint density at radius 2 is 1.85 bits per heavy atom. The van der Waals surface area contributed by atoms with Gasteiger partial charge in [-0.2, -0.15) is 0 Å². The van der Waals surface area contributed by atoms with Crippen LogP contribution >= 0.6 is 0 Å². The van der Waals surface area contributed by atoms with Crippen LogP contribution in [0, 0.1) is 23.7 Å². The van der Waals surface area contributed by atoms with Crippen LogP contribution in [0.15, 0.2) is 0 Å². The van der Waals surface area contributed by atoms with Crippen LogP contribution in [0.2, 0.25) is 0 Å². The largest absolute Gasteiger partial charge is 0.444 e. The van der Waals surface area contributed by atoms with Gasteiger partial charge in [-0.15, -0.1) is 0 Å². The highest BCUT2D eigenvalue weighted by molar-refractivity contribution is 5.80. The molecule has 154 valence electrons. The first-order valence-electron chi connectivity index (χ1n) is 10.6. The van der Waals surface area contributed by atoms with Crippen LogP contribution in [0.25, 0.3) is 0 Å². The van der Waals surface area contributed by atoms with Crippen molar-refractivity contribution in [2.24, 2.45) is 23.7 Å². The zero-order valence-corrected chi connectivity index (χ0v) is 17.7. The van der Waals surface area contributed by atoms with E-state index in [0.29, 0.717) is 23.7 Å². The summed E-state index contributed by atoms with van der Waals surface area (Å²) in [6.07, 6.45) is 2.72. The van der Waals surface area contributed by atoms with Gasteiger partial charge >= 0.3 is 6.09 Å². The fraction of sp³-hybridized carbons (Fsp3) is 0.905. The van der Waals surface area contributed by atoms with E-state index < -0.39 is 5.60 Å². The Balaban J connectivity index is 1.51. The van der Waals surface area contributed by atoms with E-state index in [1.54, 1.807) is 0 Å². The first-order valence-corrected chi connectivity index (χ1v) is 10.6. The molecule has 2 aliphatic heterocycles. The van der Waals surface area contributed by atoms with E-state index in [0.717, 1.165) is 52.0 Å². The molecule has 3 fully saturated rings. The molecule has 3 aliphatic rings. The molecule has 1 N–H and O–H groups in total. The number of nitrogens with zero attached hydrogens (tertiary/aromatic N) is 2. The SMILES string of the molecule is CC(C)CN1CCC(C(=O)N2CC3CCC(NC(=O)OC(C)(C)C)C3C2)C1. The number of carbonyl (C=O) groups is 2. The van der Waals surface area contributed by atoms with Crippen molar-refractivity contribution in [3.63, 3.8) is 0 Å². The van der Waals surface area contributed by atoms with E-state index in [-0.39, 0.29) is 18.1 Å². The van der Waals surface area contributed by atoms with E-state index in [1.807, 2.05) is 20.8 Å². The van der Waals surface area contributed by atoms with Crippen LogP contribution in [0.3, 0.4) is 0 Å². The number of likely N-dealkylation sites (tertiary alicyclic amines) is 2. The number of fused-ring (bicyclic) bond motifs is 1. The summed E-state index contributed by atoms with van der Waals surface area (Å²) in [5.41, 5.74) is -0.482. The predicted octanol–water partition coefficient (Wildman–Crippen LogP) is 2.73. The lowest BCUT2D eigenvalue weighted by Gasteiger charge is -2.26. The minimum absolute atomic E-state index is 0.128. The van der Waals surface area contributed by atoms with Crippen molar-refractivity contribution in [3.8, 4) is 0 Å². The van der Waals surface area contributed by atoms with Crippen molar-refractivity contribution in [2.45, 2.75) is 65.5 Å². The summed E-state index contributed by atoms with van der Waals surface area (Å²) >= 11 is 0. The van der Waals surface area contributed by atoms with Gasteiger partial charge < -0.3 is 19.9 Å². The molecule has 0 aromatic heterocycles. The topological polar surface area (TPSA) is 61.9 Å². The maximum Gasteiger partial charge on any atom is 0.407 e. The second-order valence-electron chi connectivity index (χ2n) is 10.1. The first kappa shape index (κ1) is 20.4. The van der Waals surface area contributed by atoms with Gasteiger partial charge in [-0.1, -0.05) is 13.8 Å². The molecular weight excluding hydrogens is 342 g/mol. The Bertz CT molecular complexity index is 557. The molecule has 2 amide bonds. The van der Waals surface area contributed by atoms with Crippen molar-refractivity contribution in [3.05, 3.63) is 0 Å². The van der Waals surface area contributed by atoms with Gasteiger partial charge in [0.2, 0.25) is 5.91 Å². The number of alkyl carbamates (subject to hydrolysis) is 1. The highest BCUT2D eigenvalue weighted by atomic mass is 16.6. The van der Waals surface area contributed by atoms with Gasteiger partial charge in [-0.3, -0.25) is 4.79 Å². The average Bonchev–Trinajstić information content (AvgIpc) is 3.21. The second-order valence-corrected chi connectivity index (χ2v) is 10.1. The molecule has 6 nitrogen and oxygen atoms in total. The van der Waals surface area contributed by atoms with Gasteiger partial charge in [0, 0.05) is 38.1 Å². The van der Waals surface area contributed by atoms with Crippen LogP contribution in [-0.2, 0) is 9.53 Å². The Morgan fingerprint density at radius 3 is 2.52 bits per heavy atom. The maximum atomic E-state index is 13.0. The fourth-order valence-corrected chi connectivity index (χ4v) is 5.06. The van der Waals surface area contributed by atoms with Crippen LogP contribution in [0.4, 0.5) is 4.79 Å². The van der Waals surface area contributed by atoms with Crippen LogP contribution in [-0.4, -0.2) is 66.2 Å². The summed E-state index contributed by atoms with van der Waals surface area (Å²) in [5, 5.41) is 3.06. The number of carbonyl (C=O) groups excluding carboxylic acids is 2. The van der Waals surface area contributed by atoms with Crippen molar-refractivity contribution >= 4 is 12.0 Å². The highest BCUT2D eigenvalue weighted by Crippen LogP contribution is 2.39. The lowest BCUT2D eigenvalue weighted by Crippen LogP contribution is -2.43. The summed E-state index contributed by atoms with van der Waals surface area (Å²) in [6.45, 7) is 14.8. The molecule has 0 aromatic carbocycles. The Kier molecular flexibility index (Phi) is 6.04. The molecule has 0 radical (unpaired) electrons. The molecule has 0 bridgehead atoms. The molecule has 4 unspecified atom stereocenters. The van der Waals surface area contributed by atoms with Crippen LogP contribution < -0.4 is 5.32 Å². The third-order valence-corrected chi connectivity index (χ3v) is 6.12. The molecule has 6 heteroatoms. The summed E-state index contributed by atoms with van der Waals surface area (Å²) in [7, 11) is 0. The molecular formula is C21H37N3O3. The predicted molar refractivity (Wildman–Crippen MR) is 105 cm³/mol. The van der Waals surface area contributed by atoms with Gasteiger partial charge in [-0.05, 0) is 58.4 Å². The fourth-order valence-electron chi connectivity index (χ4n) is 5.06. The molecule has 2 heterocycles. The first-order chi connectivity index (χ1) is 12.6. The highest BCUT2D eigenvalue weighted by Gasteiger charge is 2.46. The lowest BCUT2D eigenvalue weighted by molar-refractivity contribution is -0.134. The number of ether oxygens (including phenoxy) is 1. The average molecular weight is 380 g/mol. The minimum Gasteiger partial charge on any atom is -0.444 e. The summed E-state index contributed by atoms with van der Waals surface area (Å²) < 4.78 is 5.41. The molecule has 3 rings (SSSR count). The quantitative estimate of drug-likeness (QED) is 0.816. The number of rotatable bonds is 4. The van der Waals surface area contributed by atoms with Crippen molar-refractivity contribution < 1.29 is 14.3 Å². The molecule has 27 heavy (non-hydrogen) atoms. The van der Waals surface area contributed by atoms with E-state index in [9.17, 15) is 9.59 Å². The lowest BCUT2D eigenvalue weighted by atomic mass is 9.98. The van der Waals surface area contributed by atoms with Gasteiger partial charge in [0.1, 0.15) is 5.60 Å². The van der Waals surface area contributed by atoms with Gasteiger partial charge in [-0.25, -0.2) is 4.79 Å². The molecule has 4 atom stereocenters. The third kappa shape index (κ3) is 5.15. The van der Waals surface area contributed by atoms with E-state index >= 15 is 0 Å². The van der Waals surface area contributed by atoms with Crippen molar-refractivity contribution in [1.82, 2.24) is 15.1 Å². The van der Waals surface area contributed by atoms with Crippen molar-refractivity contribution in [1.29, 1.82) is 0 Å².